The number of rotatable bonds is 3. The molecule has 0 amide bonds. The summed E-state index contributed by atoms with van der Waals surface area (Å²) < 4.78 is 31.5. The van der Waals surface area contributed by atoms with Crippen LogP contribution in [0.25, 0.3) is 0 Å². The second-order valence-electron chi connectivity index (χ2n) is 2.78. The van der Waals surface area contributed by atoms with Gasteiger partial charge >= 0.3 is 5.97 Å². The van der Waals surface area contributed by atoms with E-state index in [0.29, 0.717) is 4.47 Å². The zero-order chi connectivity index (χ0) is 11.4. The van der Waals surface area contributed by atoms with Gasteiger partial charge in [-0.1, -0.05) is 15.9 Å². The van der Waals surface area contributed by atoms with Crippen molar-refractivity contribution in [3.63, 3.8) is 0 Å². The summed E-state index contributed by atoms with van der Waals surface area (Å²) in [4.78, 5) is 11.0. The molecule has 82 valence electrons. The second-order valence-corrected chi connectivity index (χ2v) is 3.70. The summed E-state index contributed by atoms with van der Waals surface area (Å²) in [7, 11) is 0. The fraction of sp³-hybridized carbons (Fsp3) is 0.300. The van der Waals surface area contributed by atoms with Gasteiger partial charge in [0.15, 0.2) is 0 Å². The number of carbonyl (C=O) groups excluding carboxylic acids is 1. The lowest BCUT2D eigenvalue weighted by atomic mass is 10.1. The standard InChI is InChI=1S/C10H9BrF2O2/c1-2-15-10(14)9(13)7-5-6(11)3-4-8(7)12/h3-5,9H,2H2,1H3. The number of ether oxygens (including phenoxy) is 1. The molecule has 1 rings (SSSR count). The Morgan fingerprint density at radius 2 is 2.27 bits per heavy atom. The normalized spacial score (nSPS) is 12.3. The number of esters is 1. The average molecular weight is 279 g/mol. The molecule has 0 saturated heterocycles. The van der Waals surface area contributed by atoms with Gasteiger partial charge in [0.25, 0.3) is 0 Å². The van der Waals surface area contributed by atoms with Gasteiger partial charge in [0, 0.05) is 10.0 Å². The minimum atomic E-state index is -2.08. The van der Waals surface area contributed by atoms with Crippen LogP contribution in [0.4, 0.5) is 8.78 Å². The molecule has 1 atom stereocenters. The van der Waals surface area contributed by atoms with Crippen molar-refractivity contribution in [3.05, 3.63) is 34.1 Å². The Bertz CT molecular complexity index is 368. The summed E-state index contributed by atoms with van der Waals surface area (Å²) in [6, 6.07) is 3.73. The van der Waals surface area contributed by atoms with Crippen LogP contribution in [-0.4, -0.2) is 12.6 Å². The molecule has 0 saturated carbocycles. The molecule has 0 heterocycles. The van der Waals surface area contributed by atoms with E-state index in [9.17, 15) is 13.6 Å². The summed E-state index contributed by atoms with van der Waals surface area (Å²) in [5.41, 5.74) is -0.317. The van der Waals surface area contributed by atoms with E-state index in [1.165, 1.54) is 12.1 Å². The third-order valence-corrected chi connectivity index (χ3v) is 2.22. The van der Waals surface area contributed by atoms with Crippen LogP contribution >= 0.6 is 15.9 Å². The van der Waals surface area contributed by atoms with E-state index in [1.54, 1.807) is 6.92 Å². The monoisotopic (exact) mass is 278 g/mol. The van der Waals surface area contributed by atoms with Crippen LogP contribution in [0.5, 0.6) is 0 Å². The number of alkyl halides is 1. The van der Waals surface area contributed by atoms with E-state index in [0.717, 1.165) is 6.07 Å². The summed E-state index contributed by atoms with van der Waals surface area (Å²) in [6.45, 7) is 1.62. The first-order valence-corrected chi connectivity index (χ1v) is 5.11. The lowest BCUT2D eigenvalue weighted by molar-refractivity contribution is -0.149. The molecule has 15 heavy (non-hydrogen) atoms. The minimum Gasteiger partial charge on any atom is -0.464 e. The maximum atomic E-state index is 13.4. The number of carbonyl (C=O) groups is 1. The largest absolute Gasteiger partial charge is 0.464 e. The summed E-state index contributed by atoms with van der Waals surface area (Å²) in [5.74, 6) is -1.84. The maximum absolute atomic E-state index is 13.4. The van der Waals surface area contributed by atoms with Crippen LogP contribution in [0.2, 0.25) is 0 Å². The third kappa shape index (κ3) is 2.99. The zero-order valence-corrected chi connectivity index (χ0v) is 9.55. The highest BCUT2D eigenvalue weighted by atomic mass is 79.9. The van der Waals surface area contributed by atoms with E-state index < -0.39 is 18.0 Å². The van der Waals surface area contributed by atoms with Gasteiger partial charge in [0.05, 0.1) is 6.61 Å². The predicted octanol–water partition coefficient (Wildman–Crippen LogP) is 3.16. The van der Waals surface area contributed by atoms with E-state index in [4.69, 9.17) is 0 Å². The molecule has 0 spiro atoms. The highest BCUT2D eigenvalue weighted by Crippen LogP contribution is 2.25. The van der Waals surface area contributed by atoms with Crippen molar-refractivity contribution in [2.24, 2.45) is 0 Å². The molecule has 5 heteroatoms. The number of hydrogen-bond donors (Lipinski definition) is 0. The number of benzene rings is 1. The van der Waals surface area contributed by atoms with Gasteiger partial charge in [-0.25, -0.2) is 13.6 Å². The molecule has 0 fully saturated rings. The Kier molecular flexibility index (Phi) is 4.20. The summed E-state index contributed by atoms with van der Waals surface area (Å²) in [5, 5.41) is 0. The first-order chi connectivity index (χ1) is 7.06. The first kappa shape index (κ1) is 12.1. The summed E-state index contributed by atoms with van der Waals surface area (Å²) in [6.07, 6.45) is -2.08. The molecule has 1 unspecified atom stereocenters. The lowest BCUT2D eigenvalue weighted by Crippen LogP contribution is -2.13. The van der Waals surface area contributed by atoms with Crippen molar-refractivity contribution in [1.29, 1.82) is 0 Å². The number of hydrogen-bond acceptors (Lipinski definition) is 2. The molecule has 0 bridgehead atoms. The molecule has 1 aromatic carbocycles. The maximum Gasteiger partial charge on any atom is 0.345 e. The van der Waals surface area contributed by atoms with Crippen molar-refractivity contribution in [2.75, 3.05) is 6.61 Å². The molecule has 0 radical (unpaired) electrons. The Labute approximate surface area is 94.4 Å². The van der Waals surface area contributed by atoms with Gasteiger partial charge in [0.2, 0.25) is 6.17 Å². The Morgan fingerprint density at radius 1 is 1.60 bits per heavy atom. The van der Waals surface area contributed by atoms with Gasteiger partial charge in [-0.3, -0.25) is 0 Å². The second kappa shape index (κ2) is 5.21. The van der Waals surface area contributed by atoms with Crippen molar-refractivity contribution in [3.8, 4) is 0 Å². The van der Waals surface area contributed by atoms with Gasteiger partial charge in [-0.15, -0.1) is 0 Å². The van der Waals surface area contributed by atoms with Gasteiger partial charge in [0.1, 0.15) is 5.82 Å². The van der Waals surface area contributed by atoms with Crippen LogP contribution in [0.1, 0.15) is 18.7 Å². The van der Waals surface area contributed by atoms with E-state index in [1.807, 2.05) is 0 Å². The van der Waals surface area contributed by atoms with Gasteiger partial charge in [-0.05, 0) is 25.1 Å². The smallest absolute Gasteiger partial charge is 0.345 e. The Morgan fingerprint density at radius 3 is 2.87 bits per heavy atom. The van der Waals surface area contributed by atoms with E-state index in [-0.39, 0.29) is 12.2 Å². The molecule has 0 N–H and O–H groups in total. The van der Waals surface area contributed by atoms with Gasteiger partial charge < -0.3 is 4.74 Å². The molecule has 0 aliphatic heterocycles. The Balaban J connectivity index is 2.94. The fourth-order valence-corrected chi connectivity index (χ4v) is 1.43. The summed E-state index contributed by atoms with van der Waals surface area (Å²) >= 11 is 3.07. The average Bonchev–Trinajstić information content (AvgIpc) is 2.21. The predicted molar refractivity (Wildman–Crippen MR) is 54.6 cm³/mol. The Hall–Kier alpha value is -0.970. The van der Waals surface area contributed by atoms with Crippen LogP contribution in [0.3, 0.4) is 0 Å². The zero-order valence-electron chi connectivity index (χ0n) is 7.97. The van der Waals surface area contributed by atoms with Crippen LogP contribution in [0.15, 0.2) is 22.7 Å². The van der Waals surface area contributed by atoms with Crippen molar-refractivity contribution >= 4 is 21.9 Å². The minimum absolute atomic E-state index is 0.0644. The lowest BCUT2D eigenvalue weighted by Gasteiger charge is -2.08. The van der Waals surface area contributed by atoms with Crippen molar-refractivity contribution in [1.82, 2.24) is 0 Å². The highest BCUT2D eigenvalue weighted by Gasteiger charge is 2.24. The van der Waals surface area contributed by atoms with Crippen LogP contribution in [-0.2, 0) is 9.53 Å². The van der Waals surface area contributed by atoms with Gasteiger partial charge in [-0.2, -0.15) is 0 Å². The van der Waals surface area contributed by atoms with Crippen molar-refractivity contribution < 1.29 is 18.3 Å². The molecular weight excluding hydrogens is 270 g/mol. The molecular formula is C10H9BrF2O2. The highest BCUT2D eigenvalue weighted by molar-refractivity contribution is 9.10. The fourth-order valence-electron chi connectivity index (χ4n) is 1.05. The van der Waals surface area contributed by atoms with Crippen LogP contribution in [0, 0.1) is 5.82 Å². The molecule has 0 aromatic heterocycles. The number of halogens is 3. The first-order valence-electron chi connectivity index (χ1n) is 4.32. The van der Waals surface area contributed by atoms with E-state index >= 15 is 0 Å². The topological polar surface area (TPSA) is 26.3 Å². The quantitative estimate of drug-likeness (QED) is 0.794. The molecule has 0 aliphatic carbocycles. The SMILES string of the molecule is CCOC(=O)C(F)c1cc(Br)ccc1F. The van der Waals surface area contributed by atoms with Crippen molar-refractivity contribution in [2.45, 2.75) is 13.1 Å². The molecule has 0 aliphatic rings. The molecule has 2 nitrogen and oxygen atoms in total. The molecule has 1 aromatic rings. The van der Waals surface area contributed by atoms with E-state index in [2.05, 4.69) is 20.7 Å². The van der Waals surface area contributed by atoms with Crippen LogP contribution < -0.4 is 0 Å². The third-order valence-electron chi connectivity index (χ3n) is 1.72.